The lowest BCUT2D eigenvalue weighted by molar-refractivity contribution is -0.113. The minimum atomic E-state index is -0.326. The zero-order valence-electron chi connectivity index (χ0n) is 19.3. The molecule has 0 saturated heterocycles. The van der Waals surface area contributed by atoms with E-state index in [1.165, 1.54) is 11.8 Å². The molecule has 0 spiro atoms. The fourth-order valence-electron chi connectivity index (χ4n) is 3.31. The van der Waals surface area contributed by atoms with E-state index < -0.39 is 0 Å². The Balaban J connectivity index is 1.68. The number of amides is 2. The molecule has 0 saturated carbocycles. The van der Waals surface area contributed by atoms with Crippen LogP contribution in [-0.4, -0.2) is 32.3 Å². The van der Waals surface area contributed by atoms with Gasteiger partial charge in [-0.1, -0.05) is 61.0 Å². The number of rotatable bonds is 8. The van der Waals surface area contributed by atoms with Crippen molar-refractivity contribution in [2.24, 2.45) is 13.0 Å². The first kappa shape index (κ1) is 24.8. The van der Waals surface area contributed by atoms with Crippen LogP contribution in [0, 0.1) is 19.8 Å². The second kappa shape index (κ2) is 10.9. The van der Waals surface area contributed by atoms with E-state index in [0.717, 1.165) is 11.1 Å². The minimum absolute atomic E-state index is 0.0913. The number of hydrogen-bond acceptors (Lipinski definition) is 5. The highest BCUT2D eigenvalue weighted by Gasteiger charge is 2.25. The summed E-state index contributed by atoms with van der Waals surface area (Å²) >= 11 is 7.31. The predicted octanol–water partition coefficient (Wildman–Crippen LogP) is 4.94. The third-order valence-corrected chi connectivity index (χ3v) is 6.44. The molecule has 0 aliphatic heterocycles. The van der Waals surface area contributed by atoms with Gasteiger partial charge in [0.2, 0.25) is 5.91 Å². The Morgan fingerprint density at radius 3 is 2.58 bits per heavy atom. The molecule has 9 heteroatoms. The van der Waals surface area contributed by atoms with Gasteiger partial charge in [-0.2, -0.15) is 0 Å². The van der Waals surface area contributed by atoms with Gasteiger partial charge in [-0.3, -0.25) is 9.59 Å². The fourth-order valence-corrected chi connectivity index (χ4v) is 4.20. The number of hydrogen-bond donors (Lipinski definition) is 2. The van der Waals surface area contributed by atoms with E-state index in [9.17, 15) is 9.59 Å². The first-order valence-electron chi connectivity index (χ1n) is 10.6. The molecular weight excluding hydrogens is 458 g/mol. The first-order chi connectivity index (χ1) is 15.7. The lowest BCUT2D eigenvalue weighted by atomic mass is 10.0. The number of nitrogens with one attached hydrogen (secondary N) is 2. The number of aromatic nitrogens is 3. The maximum atomic E-state index is 12.8. The molecule has 174 valence electrons. The molecule has 0 aliphatic rings. The van der Waals surface area contributed by atoms with Gasteiger partial charge in [-0.05, 0) is 49.6 Å². The van der Waals surface area contributed by atoms with Crippen molar-refractivity contribution in [2.75, 3.05) is 11.1 Å². The van der Waals surface area contributed by atoms with Crippen molar-refractivity contribution in [3.05, 3.63) is 70.0 Å². The lowest BCUT2D eigenvalue weighted by Gasteiger charge is -2.21. The Morgan fingerprint density at radius 1 is 1.12 bits per heavy atom. The average molecular weight is 486 g/mol. The van der Waals surface area contributed by atoms with Crippen molar-refractivity contribution in [3.8, 4) is 0 Å². The van der Waals surface area contributed by atoms with E-state index in [1.54, 1.807) is 18.2 Å². The Bertz CT molecular complexity index is 1160. The molecule has 0 aliphatic carbocycles. The Hall–Kier alpha value is -2.84. The lowest BCUT2D eigenvalue weighted by Crippen LogP contribution is -2.33. The predicted molar refractivity (Wildman–Crippen MR) is 133 cm³/mol. The van der Waals surface area contributed by atoms with Crippen LogP contribution in [0.25, 0.3) is 0 Å². The molecule has 0 radical (unpaired) electrons. The van der Waals surface area contributed by atoms with Gasteiger partial charge in [0.05, 0.1) is 11.8 Å². The monoisotopic (exact) mass is 485 g/mol. The summed E-state index contributed by atoms with van der Waals surface area (Å²) in [5, 5.41) is 15.7. The zero-order valence-corrected chi connectivity index (χ0v) is 20.9. The van der Waals surface area contributed by atoms with Gasteiger partial charge in [-0.15, -0.1) is 10.2 Å². The summed E-state index contributed by atoms with van der Waals surface area (Å²) < 4.78 is 1.82. The zero-order chi connectivity index (χ0) is 24.1. The smallest absolute Gasteiger partial charge is 0.251 e. The van der Waals surface area contributed by atoms with E-state index in [0.29, 0.717) is 27.3 Å². The molecule has 2 amide bonds. The molecule has 0 fully saturated rings. The van der Waals surface area contributed by atoms with Gasteiger partial charge < -0.3 is 15.2 Å². The van der Waals surface area contributed by atoms with Crippen molar-refractivity contribution >= 4 is 40.9 Å². The van der Waals surface area contributed by atoms with Crippen LogP contribution in [0.5, 0.6) is 0 Å². The number of carbonyl (C=O) groups is 2. The van der Waals surface area contributed by atoms with E-state index in [-0.39, 0.29) is 29.5 Å². The first-order valence-corrected chi connectivity index (χ1v) is 12.0. The third kappa shape index (κ3) is 6.36. The highest BCUT2D eigenvalue weighted by Crippen LogP contribution is 2.25. The average Bonchev–Trinajstić information content (AvgIpc) is 3.12. The van der Waals surface area contributed by atoms with Crippen molar-refractivity contribution in [1.82, 2.24) is 20.1 Å². The summed E-state index contributed by atoms with van der Waals surface area (Å²) in [6.07, 6.45) is 0. The summed E-state index contributed by atoms with van der Waals surface area (Å²) in [6.45, 7) is 7.89. The Kier molecular flexibility index (Phi) is 8.15. The topological polar surface area (TPSA) is 88.9 Å². The molecule has 1 aromatic heterocycles. The van der Waals surface area contributed by atoms with Gasteiger partial charge >= 0.3 is 0 Å². The number of nitrogens with zero attached hydrogens (tertiary/aromatic N) is 3. The molecule has 0 bridgehead atoms. The molecule has 7 nitrogen and oxygen atoms in total. The summed E-state index contributed by atoms with van der Waals surface area (Å²) in [5.41, 5.74) is 3.24. The maximum Gasteiger partial charge on any atom is 0.251 e. The van der Waals surface area contributed by atoms with E-state index in [4.69, 9.17) is 11.6 Å². The molecule has 1 atom stereocenters. The number of carbonyl (C=O) groups excluding carboxylic acids is 2. The number of halogens is 1. The van der Waals surface area contributed by atoms with Gasteiger partial charge in [0, 0.05) is 23.3 Å². The van der Waals surface area contributed by atoms with E-state index in [1.807, 2.05) is 63.6 Å². The molecular formula is C24H28ClN5O2S. The van der Waals surface area contributed by atoms with Gasteiger partial charge in [0.25, 0.3) is 5.91 Å². The minimum Gasteiger partial charge on any atom is -0.342 e. The molecule has 3 aromatic rings. The molecule has 1 unspecified atom stereocenters. The van der Waals surface area contributed by atoms with Crippen LogP contribution in [0.1, 0.15) is 47.2 Å². The summed E-state index contributed by atoms with van der Waals surface area (Å²) in [4.78, 5) is 25.3. The van der Waals surface area contributed by atoms with Gasteiger partial charge in [0.1, 0.15) is 0 Å². The molecule has 3 rings (SSSR count). The van der Waals surface area contributed by atoms with E-state index in [2.05, 4.69) is 20.8 Å². The quantitative estimate of drug-likeness (QED) is 0.441. The van der Waals surface area contributed by atoms with Crippen molar-refractivity contribution in [3.63, 3.8) is 0 Å². The largest absolute Gasteiger partial charge is 0.342 e. The second-order valence-corrected chi connectivity index (χ2v) is 9.64. The number of anilines is 1. The molecule has 33 heavy (non-hydrogen) atoms. The molecule has 2 N–H and O–H groups in total. The van der Waals surface area contributed by atoms with Crippen LogP contribution < -0.4 is 10.6 Å². The Labute approximate surface area is 203 Å². The van der Waals surface area contributed by atoms with E-state index >= 15 is 0 Å². The standard InChI is InChI=1S/C24H28ClN5O2S/c1-14(2)21(27-23(32)17-8-6-7-15(3)11-17)22-28-29-24(30(22)5)33-13-20(31)26-19-12-18(25)10-9-16(19)4/h6-12,14,21H,13H2,1-5H3,(H,26,31)(H,27,32). The van der Waals surface area contributed by atoms with Crippen molar-refractivity contribution in [2.45, 2.75) is 38.9 Å². The van der Waals surface area contributed by atoms with Gasteiger partial charge in [0.15, 0.2) is 11.0 Å². The van der Waals surface area contributed by atoms with Crippen molar-refractivity contribution < 1.29 is 9.59 Å². The summed E-state index contributed by atoms with van der Waals surface area (Å²) in [7, 11) is 1.84. The number of benzene rings is 2. The SMILES string of the molecule is Cc1cccc(C(=O)NC(c2nnc(SCC(=O)Nc3cc(Cl)ccc3C)n2C)C(C)C)c1. The van der Waals surface area contributed by atoms with Crippen LogP contribution in [-0.2, 0) is 11.8 Å². The van der Waals surface area contributed by atoms with Crippen LogP contribution >= 0.6 is 23.4 Å². The highest BCUT2D eigenvalue weighted by molar-refractivity contribution is 7.99. The van der Waals surface area contributed by atoms with Crippen LogP contribution in [0.15, 0.2) is 47.6 Å². The number of thioether (sulfide) groups is 1. The highest BCUT2D eigenvalue weighted by atomic mass is 35.5. The summed E-state index contributed by atoms with van der Waals surface area (Å²) in [6, 6.07) is 12.5. The third-order valence-electron chi connectivity index (χ3n) is 5.19. The fraction of sp³-hybridized carbons (Fsp3) is 0.333. The second-order valence-electron chi connectivity index (χ2n) is 8.26. The van der Waals surface area contributed by atoms with Crippen molar-refractivity contribution in [1.29, 1.82) is 0 Å². The Morgan fingerprint density at radius 2 is 1.88 bits per heavy atom. The molecule has 1 heterocycles. The summed E-state index contributed by atoms with van der Waals surface area (Å²) in [5.74, 6) is 0.571. The van der Waals surface area contributed by atoms with Crippen LogP contribution in [0.3, 0.4) is 0 Å². The maximum absolute atomic E-state index is 12.8. The normalized spacial score (nSPS) is 12.0. The number of aryl methyl sites for hydroxylation is 2. The molecule has 2 aromatic carbocycles. The van der Waals surface area contributed by atoms with Crippen LogP contribution in [0.4, 0.5) is 5.69 Å². The van der Waals surface area contributed by atoms with Crippen LogP contribution in [0.2, 0.25) is 5.02 Å². The van der Waals surface area contributed by atoms with Gasteiger partial charge in [-0.25, -0.2) is 0 Å².